The fourth-order valence-electron chi connectivity index (χ4n) is 5.50. The molecule has 2 unspecified atom stereocenters. The molecule has 2 atom stereocenters. The molecule has 1 heterocycles. The van der Waals surface area contributed by atoms with E-state index in [1.807, 2.05) is 54.6 Å². The number of hydrogen-bond donors (Lipinski definition) is 2. The summed E-state index contributed by atoms with van der Waals surface area (Å²) in [5.74, 6) is -0.521. The van der Waals surface area contributed by atoms with E-state index in [0.717, 1.165) is 23.1 Å². The number of nitro groups is 1. The molecule has 0 amide bonds. The minimum atomic E-state index is -1.04. The van der Waals surface area contributed by atoms with Crippen LogP contribution < -0.4 is 5.32 Å². The molecule has 4 aromatic rings. The first-order valence-corrected chi connectivity index (χ1v) is 13.5. The maximum absolute atomic E-state index is 12.0. The minimum absolute atomic E-state index is 0.0121. The number of rotatable bonds is 11. The molecule has 0 bridgehead atoms. The highest BCUT2D eigenvalue weighted by Crippen LogP contribution is 2.35. The van der Waals surface area contributed by atoms with Gasteiger partial charge in [0.2, 0.25) is 0 Å². The number of aromatic nitrogens is 4. The summed E-state index contributed by atoms with van der Waals surface area (Å²) < 4.78 is 1.80. The van der Waals surface area contributed by atoms with Crippen LogP contribution in [-0.4, -0.2) is 36.2 Å². The van der Waals surface area contributed by atoms with Crippen molar-refractivity contribution in [1.82, 2.24) is 25.5 Å². The van der Waals surface area contributed by atoms with Crippen LogP contribution in [0.25, 0.3) is 11.1 Å². The van der Waals surface area contributed by atoms with E-state index in [-0.39, 0.29) is 17.5 Å². The van der Waals surface area contributed by atoms with Crippen molar-refractivity contribution >= 4 is 11.7 Å². The summed E-state index contributed by atoms with van der Waals surface area (Å²) in [6.45, 7) is 10.6. The molecule has 0 spiro atoms. The molecule has 2 N–H and O–H groups in total. The maximum Gasteiger partial charge on any atom is 0.305 e. The molecule has 0 aliphatic carbocycles. The Kier molecular flexibility index (Phi) is 8.63. The number of tetrazole rings is 1. The second-order valence-corrected chi connectivity index (χ2v) is 12.1. The minimum Gasteiger partial charge on any atom is -0.481 e. The van der Waals surface area contributed by atoms with Gasteiger partial charge in [0.15, 0.2) is 5.82 Å². The molecule has 214 valence electrons. The number of carboxylic acids is 1. The number of hydrogen-bond acceptors (Lipinski definition) is 7. The van der Waals surface area contributed by atoms with Gasteiger partial charge in [-0.25, -0.2) is 4.68 Å². The Labute approximate surface area is 239 Å². The standard InChI is InChI=1S/C31H36N6O4/c1-30(2,3)20-31(4,5)36-29(33-34-35-36)28(23-16-14-22(15-17-23)21-10-7-6-8-11-21)32-26(19-27(38)39)24-12-9-13-25(18-24)37(40)41/h6-18,26,28,32H,19-20H2,1-5H3,(H,38,39). The van der Waals surface area contributed by atoms with Crippen molar-refractivity contribution in [3.63, 3.8) is 0 Å². The Morgan fingerprint density at radius 1 is 0.951 bits per heavy atom. The Hall–Kier alpha value is -4.44. The van der Waals surface area contributed by atoms with Crippen LogP contribution in [0.4, 0.5) is 5.69 Å². The molecule has 0 radical (unpaired) electrons. The average molecular weight is 557 g/mol. The third-order valence-corrected chi connectivity index (χ3v) is 6.87. The van der Waals surface area contributed by atoms with E-state index in [9.17, 15) is 20.0 Å². The van der Waals surface area contributed by atoms with E-state index < -0.39 is 28.5 Å². The largest absolute Gasteiger partial charge is 0.481 e. The second-order valence-electron chi connectivity index (χ2n) is 12.1. The molecule has 10 heteroatoms. The summed E-state index contributed by atoms with van der Waals surface area (Å²) in [6.07, 6.45) is 0.480. The highest BCUT2D eigenvalue weighted by atomic mass is 16.6. The summed E-state index contributed by atoms with van der Waals surface area (Å²) in [5, 5.41) is 37.6. The van der Waals surface area contributed by atoms with Gasteiger partial charge < -0.3 is 5.11 Å². The number of nitrogens with one attached hydrogen (secondary N) is 1. The van der Waals surface area contributed by atoms with Crippen molar-refractivity contribution in [2.24, 2.45) is 5.41 Å². The van der Waals surface area contributed by atoms with Crippen LogP contribution in [0.1, 0.15) is 76.5 Å². The molecular formula is C31H36N6O4. The lowest BCUT2D eigenvalue weighted by atomic mass is 9.81. The van der Waals surface area contributed by atoms with Crippen molar-refractivity contribution in [2.45, 2.75) is 65.1 Å². The Balaban J connectivity index is 1.81. The third-order valence-electron chi connectivity index (χ3n) is 6.87. The third kappa shape index (κ3) is 7.40. The van der Waals surface area contributed by atoms with Gasteiger partial charge in [0, 0.05) is 18.2 Å². The van der Waals surface area contributed by atoms with Crippen molar-refractivity contribution < 1.29 is 14.8 Å². The first kappa shape index (κ1) is 29.5. The van der Waals surface area contributed by atoms with Crippen LogP contribution in [-0.2, 0) is 10.3 Å². The number of benzene rings is 3. The van der Waals surface area contributed by atoms with E-state index in [2.05, 4.69) is 55.5 Å². The van der Waals surface area contributed by atoms with Crippen LogP contribution in [0.5, 0.6) is 0 Å². The molecule has 1 aromatic heterocycles. The lowest BCUT2D eigenvalue weighted by molar-refractivity contribution is -0.384. The van der Waals surface area contributed by atoms with E-state index in [1.165, 1.54) is 12.1 Å². The Morgan fingerprint density at radius 3 is 2.22 bits per heavy atom. The molecule has 0 saturated carbocycles. The molecule has 0 aliphatic rings. The number of nitro benzene ring substituents is 1. The fourth-order valence-corrected chi connectivity index (χ4v) is 5.50. The molecular weight excluding hydrogens is 520 g/mol. The van der Waals surface area contributed by atoms with Crippen LogP contribution >= 0.6 is 0 Å². The van der Waals surface area contributed by atoms with E-state index in [1.54, 1.807) is 16.8 Å². The Morgan fingerprint density at radius 2 is 1.61 bits per heavy atom. The summed E-state index contributed by atoms with van der Waals surface area (Å²) in [6, 6.07) is 22.6. The van der Waals surface area contributed by atoms with Crippen LogP contribution in [0.3, 0.4) is 0 Å². The monoisotopic (exact) mass is 556 g/mol. The predicted molar refractivity (Wildman–Crippen MR) is 156 cm³/mol. The number of aliphatic carboxylic acids is 1. The zero-order valence-corrected chi connectivity index (χ0v) is 24.0. The van der Waals surface area contributed by atoms with Gasteiger partial charge >= 0.3 is 5.97 Å². The molecule has 0 fully saturated rings. The normalized spacial score (nSPS) is 13.5. The maximum atomic E-state index is 12.0. The van der Waals surface area contributed by atoms with Crippen LogP contribution in [0.2, 0.25) is 0 Å². The molecule has 10 nitrogen and oxygen atoms in total. The van der Waals surface area contributed by atoms with Gasteiger partial charge in [0.05, 0.1) is 22.9 Å². The summed E-state index contributed by atoms with van der Waals surface area (Å²) >= 11 is 0. The second kappa shape index (κ2) is 12.0. The zero-order chi connectivity index (χ0) is 29.8. The van der Waals surface area contributed by atoms with Crippen molar-refractivity contribution in [3.05, 3.63) is 106 Å². The zero-order valence-electron chi connectivity index (χ0n) is 24.0. The van der Waals surface area contributed by atoms with Crippen molar-refractivity contribution in [2.75, 3.05) is 0 Å². The topological polar surface area (TPSA) is 136 Å². The lowest BCUT2D eigenvalue weighted by Crippen LogP contribution is -2.38. The Bertz CT molecular complexity index is 1490. The van der Waals surface area contributed by atoms with Crippen LogP contribution in [0.15, 0.2) is 78.9 Å². The number of non-ortho nitro benzene ring substituents is 1. The van der Waals surface area contributed by atoms with Gasteiger partial charge in [0.1, 0.15) is 0 Å². The molecule has 4 rings (SSSR count). The summed E-state index contributed by atoms with van der Waals surface area (Å²) in [5.41, 5.74) is 2.83. The quantitative estimate of drug-likeness (QED) is 0.162. The van der Waals surface area contributed by atoms with Crippen molar-refractivity contribution in [3.8, 4) is 11.1 Å². The molecule has 0 saturated heterocycles. The van der Waals surface area contributed by atoms with E-state index in [0.29, 0.717) is 11.4 Å². The lowest BCUT2D eigenvalue weighted by Gasteiger charge is -2.34. The summed E-state index contributed by atoms with van der Waals surface area (Å²) in [7, 11) is 0. The first-order valence-electron chi connectivity index (χ1n) is 13.5. The van der Waals surface area contributed by atoms with Crippen LogP contribution in [0, 0.1) is 15.5 Å². The smallest absolute Gasteiger partial charge is 0.305 e. The van der Waals surface area contributed by atoms with Crippen molar-refractivity contribution in [1.29, 1.82) is 0 Å². The van der Waals surface area contributed by atoms with Gasteiger partial charge in [-0.05, 0) is 58.4 Å². The van der Waals surface area contributed by atoms with Gasteiger partial charge in [-0.15, -0.1) is 5.10 Å². The first-order chi connectivity index (χ1) is 19.3. The number of nitrogens with zero attached hydrogens (tertiary/aromatic N) is 5. The van der Waals surface area contributed by atoms with Gasteiger partial charge in [-0.1, -0.05) is 87.5 Å². The highest BCUT2D eigenvalue weighted by molar-refractivity contribution is 5.68. The number of carbonyl (C=O) groups is 1. The van der Waals surface area contributed by atoms with Gasteiger partial charge in [-0.2, -0.15) is 0 Å². The highest BCUT2D eigenvalue weighted by Gasteiger charge is 2.35. The van der Waals surface area contributed by atoms with Gasteiger partial charge in [-0.3, -0.25) is 20.2 Å². The predicted octanol–water partition coefficient (Wildman–Crippen LogP) is 6.31. The number of carboxylic acid groups (broad SMARTS) is 1. The SMILES string of the molecule is CC(C)(C)CC(C)(C)n1nnnc1C(NC(CC(=O)O)c1cccc([N+](=O)[O-])c1)c1ccc(-c2ccccc2)cc1. The average Bonchev–Trinajstić information content (AvgIpc) is 3.41. The fraction of sp³-hybridized carbons (Fsp3) is 0.355. The summed E-state index contributed by atoms with van der Waals surface area (Å²) in [4.78, 5) is 23.0. The molecule has 3 aromatic carbocycles. The molecule has 0 aliphatic heterocycles. The van der Waals surface area contributed by atoms with E-state index in [4.69, 9.17) is 0 Å². The molecule has 41 heavy (non-hydrogen) atoms. The van der Waals surface area contributed by atoms with E-state index >= 15 is 0 Å². The van der Waals surface area contributed by atoms with Gasteiger partial charge in [0.25, 0.3) is 5.69 Å².